The molecule has 0 saturated heterocycles. The number of carbonyl (C=O) groups is 2. The van der Waals surface area contributed by atoms with Gasteiger partial charge in [0.1, 0.15) is 4.21 Å². The Hall–Kier alpha value is -2.23. The number of hydrogen-bond acceptors (Lipinski definition) is 6. The third kappa shape index (κ3) is 5.94. The van der Waals surface area contributed by atoms with E-state index in [0.717, 1.165) is 16.9 Å². The zero-order chi connectivity index (χ0) is 19.0. The molecule has 1 N–H and O–H groups in total. The highest BCUT2D eigenvalue weighted by Gasteiger charge is 2.20. The standard InChI is InChI=1S/C17H20N2O5S2/c1-24-16(21)9-10-19(13-14-6-3-2-4-7-14)15(20)12-18-26(22,23)17-8-5-11-25-17/h2-8,11,18H,9-10,12-13H2,1H3. The minimum absolute atomic E-state index is 0.0345. The molecule has 140 valence electrons. The van der Waals surface area contributed by atoms with Crippen molar-refractivity contribution in [1.29, 1.82) is 0 Å². The molecule has 2 rings (SSSR count). The average Bonchev–Trinajstić information content (AvgIpc) is 3.19. The van der Waals surface area contributed by atoms with Crippen LogP contribution in [0.5, 0.6) is 0 Å². The van der Waals surface area contributed by atoms with E-state index >= 15 is 0 Å². The lowest BCUT2D eigenvalue weighted by Crippen LogP contribution is -2.40. The molecule has 0 spiro atoms. The highest BCUT2D eigenvalue weighted by molar-refractivity contribution is 7.91. The van der Waals surface area contributed by atoms with Crippen molar-refractivity contribution in [2.24, 2.45) is 0 Å². The van der Waals surface area contributed by atoms with Crippen LogP contribution >= 0.6 is 11.3 Å². The second-order valence-electron chi connectivity index (χ2n) is 5.38. The number of hydrogen-bond donors (Lipinski definition) is 1. The number of esters is 1. The van der Waals surface area contributed by atoms with E-state index in [1.54, 1.807) is 11.4 Å². The first-order valence-electron chi connectivity index (χ1n) is 7.84. The first-order chi connectivity index (χ1) is 12.4. The Bertz CT molecular complexity index is 820. The van der Waals surface area contributed by atoms with Crippen molar-refractivity contribution in [2.45, 2.75) is 17.2 Å². The maximum atomic E-state index is 12.5. The molecule has 1 aromatic carbocycles. The quantitative estimate of drug-likeness (QED) is 0.650. The van der Waals surface area contributed by atoms with E-state index in [4.69, 9.17) is 0 Å². The van der Waals surface area contributed by atoms with Crippen LogP contribution in [0.25, 0.3) is 0 Å². The molecule has 0 aliphatic heterocycles. The Morgan fingerprint density at radius 1 is 1.15 bits per heavy atom. The molecule has 0 saturated carbocycles. The molecule has 1 amide bonds. The average molecular weight is 396 g/mol. The summed E-state index contributed by atoms with van der Waals surface area (Å²) in [7, 11) is -2.45. The highest BCUT2D eigenvalue weighted by Crippen LogP contribution is 2.15. The molecule has 9 heteroatoms. The maximum absolute atomic E-state index is 12.5. The Labute approximate surface area is 156 Å². The zero-order valence-electron chi connectivity index (χ0n) is 14.3. The summed E-state index contributed by atoms with van der Waals surface area (Å²) >= 11 is 1.07. The number of benzene rings is 1. The zero-order valence-corrected chi connectivity index (χ0v) is 15.9. The summed E-state index contributed by atoms with van der Waals surface area (Å²) in [6, 6.07) is 12.4. The minimum atomic E-state index is -3.72. The van der Waals surface area contributed by atoms with Crippen LogP contribution in [0.2, 0.25) is 0 Å². The Kier molecular flexibility index (Phi) is 7.31. The van der Waals surface area contributed by atoms with Gasteiger partial charge < -0.3 is 9.64 Å². The Balaban J connectivity index is 2.03. The van der Waals surface area contributed by atoms with Gasteiger partial charge in [-0.15, -0.1) is 11.3 Å². The lowest BCUT2D eigenvalue weighted by atomic mass is 10.2. The van der Waals surface area contributed by atoms with Crippen LogP contribution in [0.3, 0.4) is 0 Å². The second-order valence-corrected chi connectivity index (χ2v) is 8.33. The molecule has 0 unspecified atom stereocenters. The van der Waals surface area contributed by atoms with E-state index in [0.29, 0.717) is 0 Å². The number of carbonyl (C=O) groups excluding carboxylic acids is 2. The fraction of sp³-hybridized carbons (Fsp3) is 0.294. The number of nitrogens with one attached hydrogen (secondary N) is 1. The third-order valence-electron chi connectivity index (χ3n) is 3.56. The van der Waals surface area contributed by atoms with Crippen molar-refractivity contribution in [2.75, 3.05) is 20.2 Å². The summed E-state index contributed by atoms with van der Waals surface area (Å²) < 4.78 is 31.3. The number of methoxy groups -OCH3 is 1. The van der Waals surface area contributed by atoms with E-state index < -0.39 is 21.9 Å². The lowest BCUT2D eigenvalue weighted by molar-refractivity contribution is -0.141. The van der Waals surface area contributed by atoms with E-state index in [-0.39, 0.29) is 30.3 Å². The van der Waals surface area contributed by atoms with E-state index in [2.05, 4.69) is 9.46 Å². The molecule has 2 aromatic rings. The van der Waals surface area contributed by atoms with Gasteiger partial charge >= 0.3 is 5.97 Å². The normalized spacial score (nSPS) is 11.1. The third-order valence-corrected chi connectivity index (χ3v) is 6.35. The molecule has 0 aliphatic carbocycles. The van der Waals surface area contributed by atoms with Crippen molar-refractivity contribution in [1.82, 2.24) is 9.62 Å². The highest BCUT2D eigenvalue weighted by atomic mass is 32.2. The van der Waals surface area contributed by atoms with Crippen molar-refractivity contribution in [3.8, 4) is 0 Å². The first kappa shape index (κ1) is 20.1. The van der Waals surface area contributed by atoms with Gasteiger partial charge in [0.05, 0.1) is 20.1 Å². The molecular weight excluding hydrogens is 376 g/mol. The van der Waals surface area contributed by atoms with Crippen LogP contribution in [0.15, 0.2) is 52.1 Å². The molecule has 0 radical (unpaired) electrons. The molecule has 26 heavy (non-hydrogen) atoms. The summed E-state index contributed by atoms with van der Waals surface area (Å²) in [4.78, 5) is 25.3. The monoisotopic (exact) mass is 396 g/mol. The molecule has 0 bridgehead atoms. The topological polar surface area (TPSA) is 92.8 Å². The van der Waals surface area contributed by atoms with Crippen LogP contribution in [0.4, 0.5) is 0 Å². The van der Waals surface area contributed by atoms with Crippen molar-refractivity contribution < 1.29 is 22.7 Å². The van der Waals surface area contributed by atoms with Crippen molar-refractivity contribution in [3.63, 3.8) is 0 Å². The maximum Gasteiger partial charge on any atom is 0.307 e. The number of sulfonamides is 1. The van der Waals surface area contributed by atoms with E-state index in [1.165, 1.54) is 18.1 Å². The molecule has 1 aromatic heterocycles. The van der Waals surface area contributed by atoms with Crippen LogP contribution < -0.4 is 4.72 Å². The van der Waals surface area contributed by atoms with Gasteiger partial charge in [-0.3, -0.25) is 9.59 Å². The fourth-order valence-corrected chi connectivity index (χ4v) is 4.19. The summed E-state index contributed by atoms with van der Waals surface area (Å²) in [5, 5.41) is 1.65. The van der Waals surface area contributed by atoms with Gasteiger partial charge in [0.25, 0.3) is 10.0 Å². The van der Waals surface area contributed by atoms with E-state index in [9.17, 15) is 18.0 Å². The fourth-order valence-electron chi connectivity index (χ4n) is 2.18. The molecule has 1 heterocycles. The summed E-state index contributed by atoms with van der Waals surface area (Å²) in [6.45, 7) is 0.0345. The van der Waals surface area contributed by atoms with Crippen LogP contribution in [0.1, 0.15) is 12.0 Å². The molecule has 0 aliphatic rings. The van der Waals surface area contributed by atoms with Gasteiger partial charge in [-0.25, -0.2) is 13.1 Å². The molecule has 7 nitrogen and oxygen atoms in total. The molecular formula is C17H20N2O5S2. The number of rotatable bonds is 9. The van der Waals surface area contributed by atoms with Crippen molar-refractivity contribution in [3.05, 3.63) is 53.4 Å². The second kappa shape index (κ2) is 9.46. The molecule has 0 fully saturated rings. The van der Waals surface area contributed by atoms with Crippen LogP contribution in [-0.4, -0.2) is 45.4 Å². The largest absolute Gasteiger partial charge is 0.469 e. The van der Waals surface area contributed by atoms with Gasteiger partial charge in [-0.05, 0) is 17.0 Å². The van der Waals surface area contributed by atoms with Crippen LogP contribution in [-0.2, 0) is 30.9 Å². The predicted octanol–water partition coefficient (Wildman–Crippen LogP) is 1.62. The van der Waals surface area contributed by atoms with Crippen molar-refractivity contribution >= 4 is 33.2 Å². The Morgan fingerprint density at radius 2 is 1.88 bits per heavy atom. The van der Waals surface area contributed by atoms with E-state index in [1.807, 2.05) is 30.3 Å². The summed E-state index contributed by atoms with van der Waals surface area (Å²) in [5.74, 6) is -0.854. The van der Waals surface area contributed by atoms with Crippen LogP contribution in [0, 0.1) is 0 Å². The summed E-state index contributed by atoms with van der Waals surface area (Å²) in [6.07, 6.45) is 0.0345. The Morgan fingerprint density at radius 3 is 2.50 bits per heavy atom. The number of amides is 1. The van der Waals surface area contributed by atoms with Gasteiger partial charge in [0, 0.05) is 13.1 Å². The number of nitrogens with zero attached hydrogens (tertiary/aromatic N) is 1. The molecule has 0 atom stereocenters. The smallest absolute Gasteiger partial charge is 0.307 e. The minimum Gasteiger partial charge on any atom is -0.469 e. The SMILES string of the molecule is COC(=O)CCN(Cc1ccccc1)C(=O)CNS(=O)(=O)c1cccs1. The number of ether oxygens (including phenoxy) is 1. The van der Waals surface area contributed by atoms with Gasteiger partial charge in [0.2, 0.25) is 5.91 Å². The number of thiophene rings is 1. The van der Waals surface area contributed by atoms with Gasteiger partial charge in [-0.2, -0.15) is 0 Å². The van der Waals surface area contributed by atoms with Gasteiger partial charge in [-0.1, -0.05) is 36.4 Å². The lowest BCUT2D eigenvalue weighted by Gasteiger charge is -2.22. The summed E-state index contributed by atoms with van der Waals surface area (Å²) in [5.41, 5.74) is 0.881. The van der Waals surface area contributed by atoms with Gasteiger partial charge in [0.15, 0.2) is 0 Å². The first-order valence-corrected chi connectivity index (χ1v) is 10.2. The predicted molar refractivity (Wildman–Crippen MR) is 98.0 cm³/mol.